The summed E-state index contributed by atoms with van der Waals surface area (Å²) in [7, 11) is 1.63. The van der Waals surface area contributed by atoms with Crippen molar-refractivity contribution in [3.05, 3.63) is 33.8 Å². The van der Waals surface area contributed by atoms with Crippen molar-refractivity contribution in [2.45, 2.75) is 19.9 Å². The molecule has 0 heterocycles. The lowest BCUT2D eigenvalue weighted by Crippen LogP contribution is -2.34. The number of aryl methyl sites for hydroxylation is 1. The van der Waals surface area contributed by atoms with Crippen molar-refractivity contribution < 1.29 is 4.79 Å². The highest BCUT2D eigenvalue weighted by molar-refractivity contribution is 9.10. The maximum absolute atomic E-state index is 12.1. The van der Waals surface area contributed by atoms with Crippen LogP contribution in [0.25, 0.3) is 0 Å². The summed E-state index contributed by atoms with van der Waals surface area (Å²) in [6.45, 7) is 3.62. The molecule has 0 bridgehead atoms. The summed E-state index contributed by atoms with van der Waals surface area (Å²) in [5, 5.41) is 8.77. The van der Waals surface area contributed by atoms with E-state index in [9.17, 15) is 4.79 Å². The fourth-order valence-corrected chi connectivity index (χ4v) is 1.67. The van der Waals surface area contributed by atoms with Gasteiger partial charge in [-0.1, -0.05) is 11.6 Å². The Morgan fingerprint density at radius 2 is 2.19 bits per heavy atom. The number of hydrogen-bond acceptors (Lipinski definition) is 2. The number of nitrogens with zero attached hydrogens (tertiary/aromatic N) is 2. The van der Waals surface area contributed by atoms with E-state index in [0.29, 0.717) is 5.56 Å². The van der Waals surface area contributed by atoms with Gasteiger partial charge in [-0.15, -0.1) is 0 Å². The van der Waals surface area contributed by atoms with Gasteiger partial charge in [0.1, 0.15) is 6.04 Å². The first-order valence-corrected chi connectivity index (χ1v) is 5.69. The smallest absolute Gasteiger partial charge is 0.255 e. The predicted octanol–water partition coefficient (Wildman–Crippen LogP) is 2.74. The van der Waals surface area contributed by atoms with Gasteiger partial charge in [-0.25, -0.2) is 0 Å². The molecule has 0 fully saturated rings. The molecule has 84 valence electrons. The number of halogens is 1. The molecule has 0 spiro atoms. The zero-order valence-corrected chi connectivity index (χ0v) is 11.1. The van der Waals surface area contributed by atoms with Gasteiger partial charge in [-0.2, -0.15) is 5.26 Å². The summed E-state index contributed by atoms with van der Waals surface area (Å²) >= 11 is 3.34. The summed E-state index contributed by atoms with van der Waals surface area (Å²) in [5.74, 6) is -0.148. The van der Waals surface area contributed by atoms with Crippen molar-refractivity contribution in [3.63, 3.8) is 0 Å². The summed E-state index contributed by atoms with van der Waals surface area (Å²) < 4.78 is 0.750. The van der Waals surface area contributed by atoms with Crippen molar-refractivity contribution in [1.29, 1.82) is 5.26 Å². The van der Waals surface area contributed by atoms with E-state index in [1.165, 1.54) is 4.90 Å². The Labute approximate surface area is 104 Å². The monoisotopic (exact) mass is 280 g/mol. The maximum atomic E-state index is 12.1. The predicted molar refractivity (Wildman–Crippen MR) is 66.0 cm³/mol. The van der Waals surface area contributed by atoms with Gasteiger partial charge in [0.05, 0.1) is 11.6 Å². The van der Waals surface area contributed by atoms with E-state index in [4.69, 9.17) is 5.26 Å². The molecule has 16 heavy (non-hydrogen) atoms. The van der Waals surface area contributed by atoms with E-state index >= 15 is 0 Å². The van der Waals surface area contributed by atoms with Crippen molar-refractivity contribution in [2.75, 3.05) is 7.05 Å². The fourth-order valence-electron chi connectivity index (χ4n) is 1.26. The first-order valence-electron chi connectivity index (χ1n) is 4.90. The van der Waals surface area contributed by atoms with Crippen LogP contribution in [0, 0.1) is 18.3 Å². The Hall–Kier alpha value is -1.34. The Bertz CT molecular complexity index is 451. The molecular weight excluding hydrogens is 268 g/mol. The second-order valence-electron chi connectivity index (χ2n) is 3.70. The van der Waals surface area contributed by atoms with Crippen molar-refractivity contribution in [3.8, 4) is 6.07 Å². The normalized spacial score (nSPS) is 11.7. The third kappa shape index (κ3) is 2.61. The molecule has 0 aliphatic rings. The van der Waals surface area contributed by atoms with Crippen LogP contribution in [-0.2, 0) is 0 Å². The molecule has 1 rings (SSSR count). The third-order valence-electron chi connectivity index (χ3n) is 2.44. The minimum Gasteiger partial charge on any atom is -0.326 e. The zero-order valence-electron chi connectivity index (χ0n) is 9.49. The fraction of sp³-hybridized carbons (Fsp3) is 0.333. The number of amides is 1. The molecule has 0 radical (unpaired) electrons. The maximum Gasteiger partial charge on any atom is 0.255 e. The van der Waals surface area contributed by atoms with Crippen molar-refractivity contribution >= 4 is 21.8 Å². The molecule has 3 nitrogen and oxygen atoms in total. The number of benzene rings is 1. The van der Waals surface area contributed by atoms with Crippen LogP contribution in [0.15, 0.2) is 22.7 Å². The Morgan fingerprint density at radius 3 is 2.75 bits per heavy atom. The first kappa shape index (κ1) is 12.7. The van der Waals surface area contributed by atoms with Gasteiger partial charge in [0, 0.05) is 11.5 Å². The molecule has 1 amide bonds. The number of nitriles is 1. The molecule has 0 aliphatic heterocycles. The van der Waals surface area contributed by atoms with Gasteiger partial charge >= 0.3 is 0 Å². The molecule has 0 aromatic heterocycles. The van der Waals surface area contributed by atoms with Gasteiger partial charge in [0.25, 0.3) is 5.91 Å². The summed E-state index contributed by atoms with van der Waals surface area (Å²) in [6, 6.07) is 7.19. The molecule has 4 heteroatoms. The van der Waals surface area contributed by atoms with Crippen LogP contribution in [0.3, 0.4) is 0 Å². The van der Waals surface area contributed by atoms with Gasteiger partial charge in [-0.05, 0) is 41.9 Å². The summed E-state index contributed by atoms with van der Waals surface area (Å²) in [4.78, 5) is 13.5. The lowest BCUT2D eigenvalue weighted by Gasteiger charge is -2.20. The molecule has 0 aliphatic carbocycles. The topological polar surface area (TPSA) is 44.1 Å². The largest absolute Gasteiger partial charge is 0.326 e. The second kappa shape index (κ2) is 5.13. The average Bonchev–Trinajstić information content (AvgIpc) is 2.29. The SMILES string of the molecule is Cc1ccc(Br)c(C(=O)N(C)C(C)C#N)c1. The van der Waals surface area contributed by atoms with Gasteiger partial charge in [-0.3, -0.25) is 4.79 Å². The van der Waals surface area contributed by atoms with E-state index in [0.717, 1.165) is 10.0 Å². The van der Waals surface area contributed by atoms with Crippen LogP contribution < -0.4 is 0 Å². The molecule has 1 unspecified atom stereocenters. The van der Waals surface area contributed by atoms with Gasteiger partial charge in [0.2, 0.25) is 0 Å². The highest BCUT2D eigenvalue weighted by atomic mass is 79.9. The number of carbonyl (C=O) groups is 1. The minimum atomic E-state index is -0.431. The van der Waals surface area contributed by atoms with Crippen molar-refractivity contribution in [2.24, 2.45) is 0 Å². The van der Waals surface area contributed by atoms with Gasteiger partial charge in [0.15, 0.2) is 0 Å². The van der Waals surface area contributed by atoms with Crippen LogP contribution in [0.1, 0.15) is 22.8 Å². The number of rotatable bonds is 2. The Morgan fingerprint density at radius 1 is 1.56 bits per heavy atom. The Kier molecular flexibility index (Phi) is 4.08. The van der Waals surface area contributed by atoms with Crippen LogP contribution >= 0.6 is 15.9 Å². The molecule has 1 aromatic rings. The standard InChI is InChI=1S/C12H13BrN2O/c1-8-4-5-11(13)10(6-8)12(16)15(3)9(2)7-14/h4-6,9H,1-3H3. The van der Waals surface area contributed by atoms with Crippen molar-refractivity contribution in [1.82, 2.24) is 4.90 Å². The molecule has 0 saturated heterocycles. The number of hydrogen-bond donors (Lipinski definition) is 0. The van der Waals surface area contributed by atoms with E-state index in [1.54, 1.807) is 14.0 Å². The molecular formula is C12H13BrN2O. The Balaban J connectivity index is 3.06. The molecule has 0 saturated carbocycles. The molecule has 1 aromatic carbocycles. The second-order valence-corrected chi connectivity index (χ2v) is 4.56. The van der Waals surface area contributed by atoms with Gasteiger partial charge < -0.3 is 4.90 Å². The minimum absolute atomic E-state index is 0.148. The van der Waals surface area contributed by atoms with Crippen LogP contribution in [-0.4, -0.2) is 23.9 Å². The van der Waals surface area contributed by atoms with E-state index < -0.39 is 6.04 Å². The quantitative estimate of drug-likeness (QED) is 0.836. The first-order chi connectivity index (χ1) is 7.47. The van der Waals surface area contributed by atoms with E-state index in [1.807, 2.05) is 31.2 Å². The average molecular weight is 281 g/mol. The highest BCUT2D eigenvalue weighted by Gasteiger charge is 2.19. The lowest BCUT2D eigenvalue weighted by molar-refractivity contribution is 0.0772. The van der Waals surface area contributed by atoms with Crippen LogP contribution in [0.2, 0.25) is 0 Å². The molecule has 0 N–H and O–H groups in total. The van der Waals surface area contributed by atoms with E-state index in [-0.39, 0.29) is 5.91 Å². The lowest BCUT2D eigenvalue weighted by atomic mass is 10.1. The van der Waals surface area contributed by atoms with E-state index in [2.05, 4.69) is 15.9 Å². The van der Waals surface area contributed by atoms with Crippen LogP contribution in [0.4, 0.5) is 0 Å². The van der Waals surface area contributed by atoms with Crippen LogP contribution in [0.5, 0.6) is 0 Å². The third-order valence-corrected chi connectivity index (χ3v) is 3.13. The molecule has 1 atom stereocenters. The summed E-state index contributed by atoms with van der Waals surface area (Å²) in [6.07, 6.45) is 0. The zero-order chi connectivity index (χ0) is 12.3. The highest BCUT2D eigenvalue weighted by Crippen LogP contribution is 2.20. The number of carbonyl (C=O) groups excluding carboxylic acids is 1. The summed E-state index contributed by atoms with van der Waals surface area (Å²) in [5.41, 5.74) is 1.61.